The molecule has 0 fully saturated rings. The van der Waals surface area contributed by atoms with Crippen LogP contribution in [-0.4, -0.2) is 4.98 Å². The van der Waals surface area contributed by atoms with Gasteiger partial charge in [-0.25, -0.2) is 0 Å². The van der Waals surface area contributed by atoms with E-state index in [2.05, 4.69) is 11.1 Å². The fourth-order valence-electron chi connectivity index (χ4n) is 1.32. The van der Waals surface area contributed by atoms with Gasteiger partial charge in [-0.2, -0.15) is 10.5 Å². The van der Waals surface area contributed by atoms with Crippen molar-refractivity contribution in [2.75, 3.05) is 0 Å². The van der Waals surface area contributed by atoms with Gasteiger partial charge in [0.2, 0.25) is 0 Å². The van der Waals surface area contributed by atoms with E-state index in [4.69, 9.17) is 10.5 Å². The van der Waals surface area contributed by atoms with Crippen LogP contribution in [0.4, 0.5) is 0 Å². The van der Waals surface area contributed by atoms with Gasteiger partial charge >= 0.3 is 0 Å². The largest absolute Gasteiger partial charge is 0.252 e. The second-order valence-corrected chi connectivity index (χ2v) is 3.70. The Bertz CT molecular complexity index is 559. The zero-order chi connectivity index (χ0) is 10.7. The summed E-state index contributed by atoms with van der Waals surface area (Å²) in [5.41, 5.74) is 3.31. The molecule has 0 unspecified atom stereocenters. The van der Waals surface area contributed by atoms with Crippen molar-refractivity contribution in [3.8, 4) is 22.6 Å². The van der Waals surface area contributed by atoms with Crippen molar-refractivity contribution < 1.29 is 0 Å². The van der Waals surface area contributed by atoms with Crippen molar-refractivity contribution in [2.24, 2.45) is 0 Å². The maximum absolute atomic E-state index is 9.01. The average Bonchev–Trinajstić information content (AvgIpc) is 2.81. The smallest absolute Gasteiger partial charge is 0.101 e. The normalized spacial score (nSPS) is 9.20. The van der Waals surface area contributed by atoms with Crippen molar-refractivity contribution in [2.45, 2.75) is 0 Å². The highest BCUT2D eigenvalue weighted by Gasteiger charge is 2.10. The van der Waals surface area contributed by atoms with E-state index in [-0.39, 0.29) is 0 Å². The van der Waals surface area contributed by atoms with Crippen molar-refractivity contribution in [1.82, 2.24) is 4.98 Å². The summed E-state index contributed by atoms with van der Waals surface area (Å²) in [5, 5.41) is 17.9. The summed E-state index contributed by atoms with van der Waals surface area (Å²) in [5.74, 6) is 0. The van der Waals surface area contributed by atoms with Gasteiger partial charge < -0.3 is 0 Å². The second kappa shape index (κ2) is 3.91. The molecule has 0 aliphatic carbocycles. The molecule has 0 saturated heterocycles. The van der Waals surface area contributed by atoms with Crippen LogP contribution in [0, 0.1) is 22.7 Å². The van der Waals surface area contributed by atoms with Gasteiger partial charge in [0.25, 0.3) is 0 Å². The minimum absolute atomic E-state index is 0.406. The molecule has 2 rings (SSSR count). The van der Waals surface area contributed by atoms with Crippen molar-refractivity contribution in [1.29, 1.82) is 10.5 Å². The maximum Gasteiger partial charge on any atom is 0.101 e. The maximum atomic E-state index is 9.01. The lowest BCUT2D eigenvalue weighted by atomic mass is 10.0. The molecule has 0 aliphatic rings. The van der Waals surface area contributed by atoms with Crippen LogP contribution >= 0.6 is 11.3 Å². The van der Waals surface area contributed by atoms with E-state index < -0.39 is 0 Å². The first-order valence-corrected chi connectivity index (χ1v) is 5.07. The monoisotopic (exact) mass is 211 g/mol. The molecule has 0 saturated carbocycles. The molecule has 0 aliphatic heterocycles. The number of benzene rings is 1. The lowest BCUT2D eigenvalue weighted by Gasteiger charge is -2.00. The average molecular weight is 211 g/mol. The minimum atomic E-state index is 0.406. The van der Waals surface area contributed by atoms with Gasteiger partial charge in [-0.3, -0.25) is 4.98 Å². The summed E-state index contributed by atoms with van der Waals surface area (Å²) in [7, 11) is 0. The zero-order valence-corrected chi connectivity index (χ0v) is 8.45. The molecule has 2 aromatic rings. The second-order valence-electron chi connectivity index (χ2n) is 2.82. The van der Waals surface area contributed by atoms with E-state index in [0.29, 0.717) is 11.1 Å². The summed E-state index contributed by atoms with van der Waals surface area (Å²) in [6.07, 6.45) is 1.70. The summed E-state index contributed by atoms with van der Waals surface area (Å²) >= 11 is 1.45. The van der Waals surface area contributed by atoms with Crippen LogP contribution in [0.15, 0.2) is 29.9 Å². The Hall–Kier alpha value is -2.17. The SMILES string of the molecule is N#Cc1cccc(-c2cncs2)c1C#N. The summed E-state index contributed by atoms with van der Waals surface area (Å²) < 4.78 is 0. The van der Waals surface area contributed by atoms with E-state index in [9.17, 15) is 0 Å². The quantitative estimate of drug-likeness (QED) is 0.728. The molecule has 1 heterocycles. The Balaban J connectivity index is 2.70. The topological polar surface area (TPSA) is 60.5 Å². The minimum Gasteiger partial charge on any atom is -0.252 e. The van der Waals surface area contributed by atoms with Crippen LogP contribution in [0.5, 0.6) is 0 Å². The fraction of sp³-hybridized carbons (Fsp3) is 0. The molecule has 70 valence electrons. The molecule has 3 nitrogen and oxygen atoms in total. The molecule has 15 heavy (non-hydrogen) atoms. The molecule has 0 N–H and O–H groups in total. The predicted octanol–water partition coefficient (Wildman–Crippen LogP) is 2.55. The standard InChI is InChI=1S/C11H5N3S/c12-4-8-2-1-3-9(10(8)5-13)11-6-14-7-15-11/h1-3,6-7H. The molecule has 1 aromatic carbocycles. The highest BCUT2D eigenvalue weighted by atomic mass is 32.1. The summed E-state index contributed by atoms with van der Waals surface area (Å²) in [4.78, 5) is 4.86. The van der Waals surface area contributed by atoms with Crippen LogP contribution in [0.3, 0.4) is 0 Å². The van der Waals surface area contributed by atoms with E-state index in [1.165, 1.54) is 11.3 Å². The molecule has 4 heteroatoms. The third kappa shape index (κ3) is 1.59. The van der Waals surface area contributed by atoms with Crippen LogP contribution in [0.1, 0.15) is 11.1 Å². The Morgan fingerprint density at radius 3 is 2.67 bits per heavy atom. The lowest BCUT2D eigenvalue weighted by molar-refractivity contribution is 1.41. The first-order chi connectivity index (χ1) is 7.36. The third-order valence-electron chi connectivity index (χ3n) is 1.99. The summed E-state index contributed by atoms with van der Waals surface area (Å²) in [6.45, 7) is 0. The Morgan fingerprint density at radius 1 is 1.20 bits per heavy atom. The number of hydrogen-bond acceptors (Lipinski definition) is 4. The van der Waals surface area contributed by atoms with Gasteiger partial charge in [0.1, 0.15) is 12.1 Å². The highest BCUT2D eigenvalue weighted by molar-refractivity contribution is 7.13. The number of thiazole rings is 1. The third-order valence-corrected chi connectivity index (χ3v) is 2.80. The molecule has 0 atom stereocenters. The number of nitrogens with zero attached hydrogens (tertiary/aromatic N) is 3. The van der Waals surface area contributed by atoms with E-state index in [1.54, 1.807) is 23.8 Å². The molecule has 1 aromatic heterocycles. The van der Waals surface area contributed by atoms with Gasteiger partial charge in [0.05, 0.1) is 21.5 Å². The molecule has 0 spiro atoms. The lowest BCUT2D eigenvalue weighted by Crippen LogP contribution is -1.87. The van der Waals surface area contributed by atoms with Gasteiger partial charge in [0, 0.05) is 11.8 Å². The Kier molecular flexibility index (Phi) is 2.45. The summed E-state index contributed by atoms with van der Waals surface area (Å²) in [6, 6.07) is 9.31. The van der Waals surface area contributed by atoms with Gasteiger partial charge in [-0.1, -0.05) is 12.1 Å². The van der Waals surface area contributed by atoms with Crippen LogP contribution in [0.2, 0.25) is 0 Å². The molecule has 0 radical (unpaired) electrons. The van der Waals surface area contributed by atoms with Gasteiger partial charge in [0.15, 0.2) is 0 Å². The predicted molar refractivity (Wildman–Crippen MR) is 57.0 cm³/mol. The van der Waals surface area contributed by atoms with Crippen molar-refractivity contribution in [3.05, 3.63) is 41.0 Å². The van der Waals surface area contributed by atoms with Crippen molar-refractivity contribution in [3.63, 3.8) is 0 Å². The number of rotatable bonds is 1. The Morgan fingerprint density at radius 2 is 2.07 bits per heavy atom. The zero-order valence-electron chi connectivity index (χ0n) is 7.64. The highest BCUT2D eigenvalue weighted by Crippen LogP contribution is 2.28. The first-order valence-electron chi connectivity index (χ1n) is 4.19. The van der Waals surface area contributed by atoms with Crippen LogP contribution < -0.4 is 0 Å². The first kappa shape index (κ1) is 9.39. The molecular weight excluding hydrogens is 206 g/mol. The Labute approximate surface area is 90.9 Å². The van der Waals surface area contributed by atoms with Crippen LogP contribution in [-0.2, 0) is 0 Å². The van der Waals surface area contributed by atoms with Crippen LogP contribution in [0.25, 0.3) is 10.4 Å². The van der Waals surface area contributed by atoms with Gasteiger partial charge in [-0.15, -0.1) is 11.3 Å². The number of hydrogen-bond donors (Lipinski definition) is 0. The molecular formula is C11H5N3S. The number of aromatic nitrogens is 1. The molecule has 0 amide bonds. The molecule has 0 bridgehead atoms. The number of nitriles is 2. The fourth-order valence-corrected chi connectivity index (χ4v) is 1.97. The van der Waals surface area contributed by atoms with E-state index in [0.717, 1.165) is 10.4 Å². The van der Waals surface area contributed by atoms with Gasteiger partial charge in [-0.05, 0) is 6.07 Å². The van der Waals surface area contributed by atoms with E-state index in [1.807, 2.05) is 12.1 Å². The van der Waals surface area contributed by atoms with Crippen molar-refractivity contribution >= 4 is 11.3 Å². The van der Waals surface area contributed by atoms with E-state index >= 15 is 0 Å².